The SMILES string of the molecule is COC(=O)c1ccc(C2(NC(=O)c3cc(F)cnc3N)CC2)cc1. The lowest BCUT2D eigenvalue weighted by atomic mass is 10.0. The monoisotopic (exact) mass is 329 g/mol. The van der Waals surface area contributed by atoms with Crippen molar-refractivity contribution in [2.24, 2.45) is 0 Å². The number of hydrogen-bond donors (Lipinski definition) is 2. The van der Waals surface area contributed by atoms with Crippen LogP contribution in [0.25, 0.3) is 0 Å². The topological polar surface area (TPSA) is 94.3 Å². The van der Waals surface area contributed by atoms with E-state index in [2.05, 4.69) is 15.0 Å². The van der Waals surface area contributed by atoms with Gasteiger partial charge in [0.25, 0.3) is 5.91 Å². The molecule has 1 aromatic carbocycles. The van der Waals surface area contributed by atoms with Gasteiger partial charge >= 0.3 is 5.97 Å². The van der Waals surface area contributed by atoms with Crippen LogP contribution in [0.2, 0.25) is 0 Å². The molecular formula is C17H16FN3O3. The number of nitrogens with one attached hydrogen (secondary N) is 1. The van der Waals surface area contributed by atoms with Crippen molar-refractivity contribution in [1.29, 1.82) is 0 Å². The lowest BCUT2D eigenvalue weighted by molar-refractivity contribution is 0.0600. The third-order valence-corrected chi connectivity index (χ3v) is 4.09. The highest BCUT2D eigenvalue weighted by Crippen LogP contribution is 2.45. The molecule has 0 unspecified atom stereocenters. The summed E-state index contributed by atoms with van der Waals surface area (Å²) >= 11 is 0. The Kier molecular flexibility index (Phi) is 3.92. The van der Waals surface area contributed by atoms with Gasteiger partial charge in [0.05, 0.1) is 30.0 Å². The second kappa shape index (κ2) is 5.92. The minimum Gasteiger partial charge on any atom is -0.465 e. The number of rotatable bonds is 4. The Morgan fingerprint density at radius 1 is 1.29 bits per heavy atom. The number of nitrogen functional groups attached to an aromatic ring is 1. The van der Waals surface area contributed by atoms with Crippen molar-refractivity contribution in [3.05, 3.63) is 59.0 Å². The number of carbonyl (C=O) groups is 2. The number of nitrogens with zero attached hydrogens (tertiary/aromatic N) is 1. The quantitative estimate of drug-likeness (QED) is 0.837. The number of hydrogen-bond acceptors (Lipinski definition) is 5. The molecule has 6 nitrogen and oxygen atoms in total. The molecule has 0 radical (unpaired) electrons. The standard InChI is InChI=1S/C17H16FN3O3/c1-24-16(23)10-2-4-11(5-3-10)17(6-7-17)21-15(22)13-8-12(18)9-20-14(13)19/h2-5,8-9H,6-7H2,1H3,(H2,19,20)(H,21,22). The van der Waals surface area contributed by atoms with E-state index in [4.69, 9.17) is 5.73 Å². The Labute approximate surface area is 137 Å². The van der Waals surface area contributed by atoms with Crippen molar-refractivity contribution in [1.82, 2.24) is 10.3 Å². The predicted molar refractivity (Wildman–Crippen MR) is 84.8 cm³/mol. The zero-order valence-corrected chi connectivity index (χ0v) is 13.0. The number of anilines is 1. The fourth-order valence-electron chi connectivity index (χ4n) is 2.57. The molecule has 1 saturated carbocycles. The maximum absolute atomic E-state index is 13.3. The van der Waals surface area contributed by atoms with Gasteiger partial charge in [-0.2, -0.15) is 0 Å². The lowest BCUT2D eigenvalue weighted by Gasteiger charge is -2.18. The number of amides is 1. The summed E-state index contributed by atoms with van der Waals surface area (Å²) < 4.78 is 17.9. The third-order valence-electron chi connectivity index (χ3n) is 4.09. The van der Waals surface area contributed by atoms with E-state index in [-0.39, 0.29) is 11.4 Å². The first-order chi connectivity index (χ1) is 11.4. The molecule has 0 aliphatic heterocycles. The first-order valence-corrected chi connectivity index (χ1v) is 7.37. The summed E-state index contributed by atoms with van der Waals surface area (Å²) in [4.78, 5) is 27.5. The Morgan fingerprint density at radius 3 is 2.54 bits per heavy atom. The van der Waals surface area contributed by atoms with Crippen LogP contribution < -0.4 is 11.1 Å². The molecule has 24 heavy (non-hydrogen) atoms. The molecule has 1 heterocycles. The van der Waals surface area contributed by atoms with Gasteiger partial charge in [0.2, 0.25) is 0 Å². The second-order valence-corrected chi connectivity index (χ2v) is 5.69. The molecule has 0 spiro atoms. The van der Waals surface area contributed by atoms with E-state index < -0.39 is 23.2 Å². The highest BCUT2D eigenvalue weighted by Gasteiger charge is 2.46. The fraction of sp³-hybridized carbons (Fsp3) is 0.235. The van der Waals surface area contributed by atoms with Crippen LogP contribution in [0.15, 0.2) is 36.5 Å². The minimum atomic E-state index is -0.623. The van der Waals surface area contributed by atoms with E-state index in [0.717, 1.165) is 30.7 Å². The van der Waals surface area contributed by atoms with Gasteiger partial charge in [-0.15, -0.1) is 0 Å². The Morgan fingerprint density at radius 2 is 1.96 bits per heavy atom. The summed E-state index contributed by atoms with van der Waals surface area (Å²) in [5.41, 5.74) is 6.43. The van der Waals surface area contributed by atoms with Crippen LogP contribution in [0.5, 0.6) is 0 Å². The molecule has 3 N–H and O–H groups in total. The average Bonchev–Trinajstić information content (AvgIpc) is 3.37. The summed E-state index contributed by atoms with van der Waals surface area (Å²) in [6, 6.07) is 7.89. The van der Waals surface area contributed by atoms with Crippen molar-refractivity contribution in [2.45, 2.75) is 18.4 Å². The number of esters is 1. The summed E-state index contributed by atoms with van der Waals surface area (Å²) in [7, 11) is 1.32. The van der Waals surface area contributed by atoms with Crippen LogP contribution in [0.3, 0.4) is 0 Å². The molecule has 3 rings (SSSR count). The van der Waals surface area contributed by atoms with E-state index in [1.807, 2.05) is 0 Å². The van der Waals surface area contributed by atoms with E-state index in [0.29, 0.717) is 5.56 Å². The average molecular weight is 329 g/mol. The smallest absolute Gasteiger partial charge is 0.337 e. The van der Waals surface area contributed by atoms with Gasteiger partial charge in [-0.05, 0) is 36.6 Å². The molecule has 1 aliphatic carbocycles. The number of benzene rings is 1. The van der Waals surface area contributed by atoms with Crippen molar-refractivity contribution < 1.29 is 18.7 Å². The highest BCUT2D eigenvalue weighted by atomic mass is 19.1. The van der Waals surface area contributed by atoms with Crippen LogP contribution in [0.4, 0.5) is 10.2 Å². The van der Waals surface area contributed by atoms with Crippen molar-refractivity contribution in [3.63, 3.8) is 0 Å². The molecule has 0 atom stereocenters. The minimum absolute atomic E-state index is 0.00690. The van der Waals surface area contributed by atoms with E-state index in [9.17, 15) is 14.0 Å². The fourth-order valence-corrected chi connectivity index (χ4v) is 2.57. The predicted octanol–water partition coefficient (Wildman–Crippen LogP) is 2.01. The van der Waals surface area contributed by atoms with Crippen molar-refractivity contribution in [3.8, 4) is 0 Å². The van der Waals surface area contributed by atoms with Crippen LogP contribution in [0, 0.1) is 5.82 Å². The maximum atomic E-state index is 13.3. The second-order valence-electron chi connectivity index (χ2n) is 5.69. The zero-order valence-electron chi connectivity index (χ0n) is 13.0. The molecular weight excluding hydrogens is 313 g/mol. The number of aromatic nitrogens is 1. The van der Waals surface area contributed by atoms with Crippen LogP contribution in [0.1, 0.15) is 39.1 Å². The maximum Gasteiger partial charge on any atom is 0.337 e. The molecule has 0 saturated heterocycles. The molecule has 7 heteroatoms. The summed E-state index contributed by atoms with van der Waals surface area (Å²) in [5.74, 6) is -1.55. The van der Waals surface area contributed by atoms with E-state index >= 15 is 0 Å². The molecule has 0 bridgehead atoms. The lowest BCUT2D eigenvalue weighted by Crippen LogP contribution is -2.35. The molecule has 1 aliphatic rings. The third kappa shape index (κ3) is 2.92. The normalized spacial score (nSPS) is 14.8. The summed E-state index contributed by atoms with van der Waals surface area (Å²) in [6.45, 7) is 0. The first-order valence-electron chi connectivity index (χ1n) is 7.37. The Hall–Kier alpha value is -2.96. The van der Waals surface area contributed by atoms with Gasteiger partial charge in [-0.1, -0.05) is 12.1 Å². The molecule has 2 aromatic rings. The van der Waals surface area contributed by atoms with Gasteiger partial charge in [-0.25, -0.2) is 14.2 Å². The van der Waals surface area contributed by atoms with Crippen LogP contribution in [-0.4, -0.2) is 24.0 Å². The number of halogens is 1. The molecule has 124 valence electrons. The van der Waals surface area contributed by atoms with Gasteiger partial charge in [0, 0.05) is 0 Å². The van der Waals surface area contributed by atoms with Crippen LogP contribution >= 0.6 is 0 Å². The van der Waals surface area contributed by atoms with Crippen molar-refractivity contribution in [2.75, 3.05) is 12.8 Å². The first kappa shape index (κ1) is 15.9. The van der Waals surface area contributed by atoms with Gasteiger partial charge < -0.3 is 15.8 Å². The van der Waals surface area contributed by atoms with Crippen LogP contribution in [-0.2, 0) is 10.3 Å². The molecule has 1 fully saturated rings. The number of methoxy groups -OCH3 is 1. The Bertz CT molecular complexity index is 801. The number of ether oxygens (including phenoxy) is 1. The summed E-state index contributed by atoms with van der Waals surface area (Å²) in [6.07, 6.45) is 2.46. The highest BCUT2D eigenvalue weighted by molar-refractivity contribution is 5.99. The van der Waals surface area contributed by atoms with Gasteiger partial charge in [0.15, 0.2) is 0 Å². The number of carbonyl (C=O) groups excluding carboxylic acids is 2. The Balaban J connectivity index is 1.80. The summed E-state index contributed by atoms with van der Waals surface area (Å²) in [5, 5.41) is 2.89. The number of nitrogens with two attached hydrogens (primary N) is 1. The van der Waals surface area contributed by atoms with Gasteiger partial charge in [-0.3, -0.25) is 4.79 Å². The van der Waals surface area contributed by atoms with E-state index in [1.165, 1.54) is 7.11 Å². The van der Waals surface area contributed by atoms with E-state index in [1.54, 1.807) is 24.3 Å². The zero-order chi connectivity index (χ0) is 17.3. The molecule has 1 aromatic heterocycles. The van der Waals surface area contributed by atoms with Crippen molar-refractivity contribution >= 4 is 17.7 Å². The van der Waals surface area contributed by atoms with Gasteiger partial charge in [0.1, 0.15) is 11.6 Å². The largest absolute Gasteiger partial charge is 0.465 e. The number of pyridine rings is 1. The molecule has 1 amide bonds.